The summed E-state index contributed by atoms with van der Waals surface area (Å²) in [7, 11) is 0. The predicted molar refractivity (Wildman–Crippen MR) is 73.3 cm³/mol. The van der Waals surface area contributed by atoms with Gasteiger partial charge in [0.25, 0.3) is 0 Å². The van der Waals surface area contributed by atoms with E-state index >= 15 is 0 Å². The van der Waals surface area contributed by atoms with Gasteiger partial charge in [-0.3, -0.25) is 4.79 Å². The molecule has 106 valence electrons. The van der Waals surface area contributed by atoms with E-state index < -0.39 is 12.0 Å². The summed E-state index contributed by atoms with van der Waals surface area (Å²) in [6.07, 6.45) is 7.17. The largest absolute Gasteiger partial charge is 0.480 e. The zero-order valence-electron chi connectivity index (χ0n) is 11.6. The zero-order chi connectivity index (χ0) is 14.0. The normalized spacial score (nSPS) is 13.9. The van der Waals surface area contributed by atoms with Gasteiger partial charge in [0.15, 0.2) is 0 Å². The summed E-state index contributed by atoms with van der Waals surface area (Å²) < 4.78 is 0. The van der Waals surface area contributed by atoms with E-state index in [4.69, 9.17) is 15.9 Å². The molecular weight excluding hydrogens is 230 g/mol. The Kier molecular flexibility index (Phi) is 9.60. The van der Waals surface area contributed by atoms with E-state index in [-0.39, 0.29) is 6.61 Å². The number of carbonyl (C=O) groups is 1. The summed E-state index contributed by atoms with van der Waals surface area (Å²) in [6, 6.07) is -0.803. The molecule has 18 heavy (non-hydrogen) atoms. The number of allylic oxidation sites excluding steroid dienone is 1. The van der Waals surface area contributed by atoms with Crippen LogP contribution in [0.4, 0.5) is 0 Å². The molecule has 0 aliphatic carbocycles. The molecule has 0 saturated heterocycles. The lowest BCUT2D eigenvalue weighted by molar-refractivity contribution is -0.138. The fourth-order valence-electron chi connectivity index (χ4n) is 1.77. The standard InChI is InChI=1S/C14H27NO3/c1-11(2)5-3-4-6-12(9-10-16)7-8-13(15)14(17)18/h6,11,13,16H,3-5,7-10,15H2,1-2H3,(H,17,18). The van der Waals surface area contributed by atoms with Crippen molar-refractivity contribution < 1.29 is 15.0 Å². The molecule has 1 unspecified atom stereocenters. The molecule has 0 aromatic carbocycles. The van der Waals surface area contributed by atoms with Crippen molar-refractivity contribution in [1.29, 1.82) is 0 Å². The van der Waals surface area contributed by atoms with Crippen LogP contribution in [-0.2, 0) is 4.79 Å². The van der Waals surface area contributed by atoms with Gasteiger partial charge in [0.05, 0.1) is 0 Å². The minimum absolute atomic E-state index is 0.109. The average molecular weight is 257 g/mol. The van der Waals surface area contributed by atoms with E-state index in [1.165, 1.54) is 6.42 Å². The molecular formula is C14H27NO3. The number of carboxylic acid groups (broad SMARTS) is 1. The van der Waals surface area contributed by atoms with Gasteiger partial charge in [-0.15, -0.1) is 0 Å². The summed E-state index contributed by atoms with van der Waals surface area (Å²) in [4.78, 5) is 10.6. The third-order valence-corrected chi connectivity index (χ3v) is 2.95. The van der Waals surface area contributed by atoms with E-state index in [0.29, 0.717) is 25.2 Å². The number of nitrogens with two attached hydrogens (primary N) is 1. The fraction of sp³-hybridized carbons (Fsp3) is 0.786. The highest BCUT2D eigenvalue weighted by molar-refractivity contribution is 5.73. The molecule has 1 atom stereocenters. The summed E-state index contributed by atoms with van der Waals surface area (Å²) in [5.74, 6) is -0.252. The molecule has 0 aromatic heterocycles. The highest BCUT2D eigenvalue weighted by Crippen LogP contribution is 2.14. The molecule has 0 radical (unpaired) electrons. The van der Waals surface area contributed by atoms with E-state index in [9.17, 15) is 4.79 Å². The number of aliphatic carboxylic acids is 1. The van der Waals surface area contributed by atoms with Crippen molar-refractivity contribution >= 4 is 5.97 Å². The van der Waals surface area contributed by atoms with Gasteiger partial charge in [0.1, 0.15) is 6.04 Å². The minimum atomic E-state index is -0.960. The highest BCUT2D eigenvalue weighted by atomic mass is 16.4. The number of rotatable bonds is 10. The number of carboxylic acids is 1. The van der Waals surface area contributed by atoms with Gasteiger partial charge >= 0.3 is 5.97 Å². The fourth-order valence-corrected chi connectivity index (χ4v) is 1.77. The van der Waals surface area contributed by atoms with Gasteiger partial charge in [0.2, 0.25) is 0 Å². The number of unbranched alkanes of at least 4 members (excludes halogenated alkanes) is 1. The van der Waals surface area contributed by atoms with Crippen molar-refractivity contribution in [3.8, 4) is 0 Å². The number of aliphatic hydroxyl groups excluding tert-OH is 1. The Morgan fingerprint density at radius 3 is 2.44 bits per heavy atom. The second-order valence-corrected chi connectivity index (χ2v) is 5.14. The van der Waals surface area contributed by atoms with Crippen molar-refractivity contribution in [3.63, 3.8) is 0 Å². The number of aliphatic hydroxyl groups is 1. The minimum Gasteiger partial charge on any atom is -0.480 e. The molecule has 4 nitrogen and oxygen atoms in total. The molecule has 4 N–H and O–H groups in total. The molecule has 0 saturated carbocycles. The maximum absolute atomic E-state index is 10.6. The van der Waals surface area contributed by atoms with E-state index in [2.05, 4.69) is 19.9 Å². The molecule has 0 fully saturated rings. The third kappa shape index (κ3) is 9.19. The summed E-state index contributed by atoms with van der Waals surface area (Å²) in [5, 5.41) is 17.7. The summed E-state index contributed by atoms with van der Waals surface area (Å²) in [6.45, 7) is 4.51. The van der Waals surface area contributed by atoms with Gasteiger partial charge in [-0.05, 0) is 38.0 Å². The monoisotopic (exact) mass is 257 g/mol. The van der Waals surface area contributed by atoms with Crippen LogP contribution in [-0.4, -0.2) is 28.8 Å². The molecule has 0 rings (SSSR count). The molecule has 0 bridgehead atoms. The maximum Gasteiger partial charge on any atom is 0.320 e. The van der Waals surface area contributed by atoms with Crippen molar-refractivity contribution in [3.05, 3.63) is 11.6 Å². The van der Waals surface area contributed by atoms with Crippen molar-refractivity contribution in [1.82, 2.24) is 0 Å². The first-order valence-corrected chi connectivity index (χ1v) is 6.74. The number of hydrogen-bond donors (Lipinski definition) is 3. The Hall–Kier alpha value is -0.870. The van der Waals surface area contributed by atoms with Crippen LogP contribution >= 0.6 is 0 Å². The SMILES string of the molecule is CC(C)CCCC=C(CCO)CCC(N)C(=O)O. The molecule has 0 heterocycles. The van der Waals surface area contributed by atoms with Gasteiger partial charge in [-0.1, -0.05) is 31.9 Å². The molecule has 0 aromatic rings. The van der Waals surface area contributed by atoms with Crippen LogP contribution in [0, 0.1) is 5.92 Å². The van der Waals surface area contributed by atoms with Crippen molar-refractivity contribution in [2.75, 3.05) is 6.61 Å². The predicted octanol–water partition coefficient (Wildman–Crippen LogP) is 2.31. The summed E-state index contributed by atoms with van der Waals surface area (Å²) >= 11 is 0. The van der Waals surface area contributed by atoms with Crippen LogP contribution < -0.4 is 5.73 Å². The van der Waals surface area contributed by atoms with Crippen LogP contribution in [0.3, 0.4) is 0 Å². The Morgan fingerprint density at radius 1 is 1.28 bits per heavy atom. The topological polar surface area (TPSA) is 83.5 Å². The van der Waals surface area contributed by atoms with Gasteiger partial charge in [-0.25, -0.2) is 0 Å². The van der Waals surface area contributed by atoms with Crippen LogP contribution in [0.15, 0.2) is 11.6 Å². The van der Waals surface area contributed by atoms with Crippen LogP contribution in [0.5, 0.6) is 0 Å². The first-order valence-electron chi connectivity index (χ1n) is 6.74. The Balaban J connectivity index is 4.04. The Labute approximate surface area is 110 Å². The van der Waals surface area contributed by atoms with E-state index in [1.807, 2.05) is 0 Å². The molecule has 0 amide bonds. The lowest BCUT2D eigenvalue weighted by Gasteiger charge is -2.09. The highest BCUT2D eigenvalue weighted by Gasteiger charge is 2.11. The average Bonchev–Trinajstić information content (AvgIpc) is 2.30. The Morgan fingerprint density at radius 2 is 1.94 bits per heavy atom. The number of hydrogen-bond acceptors (Lipinski definition) is 3. The van der Waals surface area contributed by atoms with Crippen molar-refractivity contribution in [2.45, 2.75) is 58.4 Å². The Bertz CT molecular complexity index is 262. The van der Waals surface area contributed by atoms with Crippen LogP contribution in [0.2, 0.25) is 0 Å². The van der Waals surface area contributed by atoms with Gasteiger partial charge in [-0.2, -0.15) is 0 Å². The van der Waals surface area contributed by atoms with Gasteiger partial charge in [0, 0.05) is 6.61 Å². The summed E-state index contributed by atoms with van der Waals surface area (Å²) in [5.41, 5.74) is 6.59. The van der Waals surface area contributed by atoms with Crippen molar-refractivity contribution in [2.24, 2.45) is 11.7 Å². The smallest absolute Gasteiger partial charge is 0.320 e. The van der Waals surface area contributed by atoms with Gasteiger partial charge < -0.3 is 15.9 Å². The van der Waals surface area contributed by atoms with E-state index in [1.54, 1.807) is 0 Å². The van der Waals surface area contributed by atoms with Crippen LogP contribution in [0.25, 0.3) is 0 Å². The quantitative estimate of drug-likeness (QED) is 0.414. The molecule has 4 heteroatoms. The second-order valence-electron chi connectivity index (χ2n) is 5.14. The second kappa shape index (κ2) is 10.1. The first-order chi connectivity index (χ1) is 8.47. The molecule has 0 aliphatic heterocycles. The lowest BCUT2D eigenvalue weighted by atomic mass is 10.00. The van der Waals surface area contributed by atoms with Crippen LogP contribution in [0.1, 0.15) is 52.4 Å². The first kappa shape index (κ1) is 17.1. The molecule has 0 spiro atoms. The lowest BCUT2D eigenvalue weighted by Crippen LogP contribution is -2.29. The maximum atomic E-state index is 10.6. The zero-order valence-corrected chi connectivity index (χ0v) is 11.6. The van der Waals surface area contributed by atoms with E-state index in [0.717, 1.165) is 18.4 Å². The molecule has 0 aliphatic rings. The third-order valence-electron chi connectivity index (χ3n) is 2.95.